The molecule has 0 saturated carbocycles. The number of rotatable bonds is 4. The minimum atomic E-state index is -0.900. The van der Waals surface area contributed by atoms with Crippen LogP contribution in [0.25, 0.3) is 0 Å². The lowest BCUT2D eigenvalue weighted by atomic mass is 9.94. The van der Waals surface area contributed by atoms with Crippen LogP contribution in [0.3, 0.4) is 0 Å². The molecule has 0 heterocycles. The number of carbonyl (C=O) groups excluding carboxylic acids is 2. The second kappa shape index (κ2) is 7.65. The third kappa shape index (κ3) is 4.92. The molecule has 0 spiro atoms. The normalized spacial score (nSPS) is 10.4. The Kier molecular flexibility index (Phi) is 6.18. The van der Waals surface area contributed by atoms with Crippen LogP contribution in [0.1, 0.15) is 44.7 Å². The van der Waals surface area contributed by atoms with Gasteiger partial charge in [0.05, 0.1) is 12.8 Å². The number of amides is 1. The Labute approximate surface area is 132 Å². The van der Waals surface area contributed by atoms with Gasteiger partial charge in [0.15, 0.2) is 0 Å². The van der Waals surface area contributed by atoms with Crippen molar-refractivity contribution in [2.75, 3.05) is 12.4 Å². The first-order valence-electron chi connectivity index (χ1n) is 7.32. The fraction of sp³-hybridized carbons (Fsp3) is 0.444. The van der Waals surface area contributed by atoms with E-state index in [0.29, 0.717) is 17.7 Å². The Bertz CT molecular complexity index is 621. The number of anilines is 1. The van der Waals surface area contributed by atoms with E-state index in [1.54, 1.807) is 13.8 Å². The van der Waals surface area contributed by atoms with Crippen molar-refractivity contribution in [3.05, 3.63) is 29.3 Å². The van der Waals surface area contributed by atoms with E-state index in [0.717, 1.165) is 12.0 Å². The smallest absolute Gasteiger partial charge is 0.323 e. The Morgan fingerprint density at radius 1 is 1.32 bits per heavy atom. The molecule has 118 valence electrons. The van der Waals surface area contributed by atoms with Gasteiger partial charge in [-0.3, -0.25) is 9.59 Å². The fourth-order valence-electron chi connectivity index (χ4n) is 1.84. The van der Waals surface area contributed by atoms with E-state index in [4.69, 9.17) is 4.74 Å². The Morgan fingerprint density at radius 3 is 2.59 bits per heavy atom. The summed E-state index contributed by atoms with van der Waals surface area (Å²) in [5.74, 6) is 5.49. The van der Waals surface area contributed by atoms with Crippen LogP contribution in [0, 0.1) is 24.2 Å². The average molecular weight is 301 g/mol. The summed E-state index contributed by atoms with van der Waals surface area (Å²) in [6, 6.07) is 5.64. The van der Waals surface area contributed by atoms with Crippen molar-refractivity contribution in [3.63, 3.8) is 0 Å². The van der Waals surface area contributed by atoms with Crippen molar-refractivity contribution < 1.29 is 14.3 Å². The maximum atomic E-state index is 11.8. The van der Waals surface area contributed by atoms with Gasteiger partial charge in [0.25, 0.3) is 0 Å². The molecule has 0 radical (unpaired) electrons. The zero-order chi connectivity index (χ0) is 16.8. The number of hydrogen-bond donors (Lipinski definition) is 1. The van der Waals surface area contributed by atoms with Crippen LogP contribution in [-0.2, 0) is 14.3 Å². The van der Waals surface area contributed by atoms with Crippen LogP contribution in [0.5, 0.6) is 0 Å². The third-order valence-electron chi connectivity index (χ3n) is 3.13. The molecule has 0 aromatic heterocycles. The minimum absolute atomic E-state index is 0.0402. The van der Waals surface area contributed by atoms with E-state index >= 15 is 0 Å². The summed E-state index contributed by atoms with van der Waals surface area (Å²) in [5, 5.41) is 2.86. The minimum Gasteiger partial charge on any atom is -0.468 e. The molecule has 1 N–H and O–H groups in total. The Hall–Kier alpha value is -2.28. The Balaban J connectivity index is 3.11. The topological polar surface area (TPSA) is 55.4 Å². The number of methoxy groups -OCH3 is 1. The molecule has 1 amide bonds. The van der Waals surface area contributed by atoms with Gasteiger partial charge in [-0.05, 0) is 44.9 Å². The Morgan fingerprint density at radius 2 is 2.00 bits per heavy atom. The number of benzene rings is 1. The van der Waals surface area contributed by atoms with Gasteiger partial charge >= 0.3 is 5.97 Å². The second-order valence-electron chi connectivity index (χ2n) is 5.71. The van der Waals surface area contributed by atoms with E-state index < -0.39 is 5.41 Å². The summed E-state index contributed by atoms with van der Waals surface area (Å²) in [6.07, 6.45) is 1.25. The number of carbonyl (C=O) groups is 2. The summed E-state index contributed by atoms with van der Waals surface area (Å²) in [7, 11) is 1.34. The molecular weight excluding hydrogens is 278 g/mol. The first kappa shape index (κ1) is 17.8. The second-order valence-corrected chi connectivity index (χ2v) is 5.71. The molecule has 0 aliphatic carbocycles. The lowest BCUT2D eigenvalue weighted by molar-refractivity contribution is -0.147. The molecule has 0 fully saturated rings. The molecule has 0 bridgehead atoms. The van der Waals surface area contributed by atoms with Crippen molar-refractivity contribution in [2.45, 2.75) is 40.5 Å². The van der Waals surface area contributed by atoms with Crippen molar-refractivity contribution in [1.29, 1.82) is 0 Å². The number of hydrogen-bond acceptors (Lipinski definition) is 3. The molecule has 0 atom stereocenters. The van der Waals surface area contributed by atoms with E-state index in [-0.39, 0.29) is 11.9 Å². The molecular formula is C18H23NO3. The molecule has 0 aliphatic rings. The third-order valence-corrected chi connectivity index (χ3v) is 3.13. The summed E-state index contributed by atoms with van der Waals surface area (Å²) in [6.45, 7) is 7.32. The van der Waals surface area contributed by atoms with Gasteiger partial charge in [-0.2, -0.15) is 0 Å². The van der Waals surface area contributed by atoms with Gasteiger partial charge in [-0.1, -0.05) is 24.8 Å². The van der Waals surface area contributed by atoms with Crippen molar-refractivity contribution in [2.24, 2.45) is 5.41 Å². The van der Waals surface area contributed by atoms with Crippen LogP contribution >= 0.6 is 0 Å². The molecule has 1 rings (SSSR count). The molecule has 0 saturated heterocycles. The van der Waals surface area contributed by atoms with E-state index in [1.165, 1.54) is 7.11 Å². The van der Waals surface area contributed by atoms with Crippen LogP contribution in [0.2, 0.25) is 0 Å². The van der Waals surface area contributed by atoms with Gasteiger partial charge in [0, 0.05) is 12.0 Å². The van der Waals surface area contributed by atoms with Crippen molar-refractivity contribution in [3.8, 4) is 11.8 Å². The van der Waals surface area contributed by atoms with E-state index in [2.05, 4.69) is 17.2 Å². The van der Waals surface area contributed by atoms with Gasteiger partial charge in [-0.15, -0.1) is 0 Å². The molecule has 0 aliphatic heterocycles. The SMILES string of the molecule is CCCC(=O)Nc1ccc(C)cc1C#CC(C)(C)C(=O)OC. The first-order chi connectivity index (χ1) is 10.3. The lowest BCUT2D eigenvalue weighted by Crippen LogP contribution is -2.23. The summed E-state index contributed by atoms with van der Waals surface area (Å²) >= 11 is 0. The van der Waals surface area contributed by atoms with Gasteiger partial charge in [-0.25, -0.2) is 0 Å². The van der Waals surface area contributed by atoms with Gasteiger partial charge in [0.1, 0.15) is 5.41 Å². The highest BCUT2D eigenvalue weighted by atomic mass is 16.5. The maximum Gasteiger partial charge on any atom is 0.323 e. The zero-order valence-electron chi connectivity index (χ0n) is 13.9. The number of nitrogens with one attached hydrogen (secondary N) is 1. The summed E-state index contributed by atoms with van der Waals surface area (Å²) in [5.41, 5.74) is 1.50. The quantitative estimate of drug-likeness (QED) is 0.686. The molecule has 4 nitrogen and oxygen atoms in total. The highest BCUT2D eigenvalue weighted by Gasteiger charge is 2.26. The number of ether oxygens (including phenoxy) is 1. The molecule has 0 unspecified atom stereocenters. The maximum absolute atomic E-state index is 11.8. The van der Waals surface area contributed by atoms with Crippen LogP contribution < -0.4 is 5.32 Å². The van der Waals surface area contributed by atoms with Gasteiger partial charge < -0.3 is 10.1 Å². The predicted molar refractivity (Wildman–Crippen MR) is 87.4 cm³/mol. The van der Waals surface area contributed by atoms with Crippen LogP contribution in [-0.4, -0.2) is 19.0 Å². The zero-order valence-corrected chi connectivity index (χ0v) is 13.9. The predicted octanol–water partition coefficient (Wildman–Crippen LogP) is 3.28. The standard InChI is InChI=1S/C18H23NO3/c1-6-7-16(20)19-15-9-8-13(2)12-14(15)10-11-18(3,4)17(21)22-5/h8-9,12H,6-7H2,1-5H3,(H,19,20). The first-order valence-corrected chi connectivity index (χ1v) is 7.32. The number of aryl methyl sites for hydroxylation is 1. The lowest BCUT2D eigenvalue weighted by Gasteiger charge is -2.14. The van der Waals surface area contributed by atoms with Crippen molar-refractivity contribution in [1.82, 2.24) is 0 Å². The van der Waals surface area contributed by atoms with E-state index in [1.807, 2.05) is 32.0 Å². The molecule has 4 heteroatoms. The largest absolute Gasteiger partial charge is 0.468 e. The fourth-order valence-corrected chi connectivity index (χ4v) is 1.84. The van der Waals surface area contributed by atoms with Gasteiger partial charge in [0.2, 0.25) is 5.91 Å². The highest BCUT2D eigenvalue weighted by molar-refractivity contribution is 5.92. The monoisotopic (exact) mass is 301 g/mol. The molecule has 1 aromatic rings. The van der Waals surface area contributed by atoms with Crippen molar-refractivity contribution >= 4 is 17.6 Å². The molecule has 22 heavy (non-hydrogen) atoms. The summed E-state index contributed by atoms with van der Waals surface area (Å²) in [4.78, 5) is 23.4. The average Bonchev–Trinajstić information content (AvgIpc) is 2.46. The summed E-state index contributed by atoms with van der Waals surface area (Å²) < 4.78 is 4.74. The van der Waals surface area contributed by atoms with E-state index in [9.17, 15) is 9.59 Å². The highest BCUT2D eigenvalue weighted by Crippen LogP contribution is 2.20. The number of esters is 1. The van der Waals surface area contributed by atoms with Crippen LogP contribution in [0.15, 0.2) is 18.2 Å². The molecule has 1 aromatic carbocycles. The van der Waals surface area contributed by atoms with Crippen LogP contribution in [0.4, 0.5) is 5.69 Å².